The average Bonchev–Trinajstić information content (AvgIpc) is 3.42. The Morgan fingerprint density at radius 2 is 1.39 bits per heavy atom. The minimum Gasteiger partial charge on any atom is -0.459 e. The van der Waals surface area contributed by atoms with Crippen LogP contribution in [-0.2, 0) is 14.6 Å². The van der Waals surface area contributed by atoms with Crippen LogP contribution in [0, 0.1) is 11.6 Å². The molecule has 1 aliphatic heterocycles. The van der Waals surface area contributed by atoms with Crippen LogP contribution < -0.4 is 5.32 Å². The summed E-state index contributed by atoms with van der Waals surface area (Å²) in [6.45, 7) is 0.185. The lowest BCUT2D eigenvalue weighted by molar-refractivity contribution is -0.132. The molecular weight excluding hydrogens is 496 g/mol. The molecule has 9 nitrogen and oxygen atoms in total. The summed E-state index contributed by atoms with van der Waals surface area (Å²) in [5.74, 6) is -3.53. The van der Waals surface area contributed by atoms with E-state index in [1.807, 2.05) is 0 Å². The summed E-state index contributed by atoms with van der Waals surface area (Å²) >= 11 is 0. The van der Waals surface area contributed by atoms with Crippen molar-refractivity contribution in [3.8, 4) is 0 Å². The third-order valence-corrected chi connectivity index (χ3v) is 7.52. The molecule has 0 saturated carbocycles. The van der Waals surface area contributed by atoms with E-state index in [-0.39, 0.29) is 48.3 Å². The molecule has 3 aromatic rings. The minimum atomic E-state index is -4.48. The molecule has 0 spiro atoms. The maximum atomic E-state index is 13.4. The second-order valence-electron chi connectivity index (χ2n) is 7.95. The number of nitrogens with zero attached hydrogens (tertiary/aromatic N) is 2. The van der Waals surface area contributed by atoms with Gasteiger partial charge in [0.05, 0.1) is 11.2 Å². The fraction of sp³-hybridized carbons (Fsp3) is 0.208. The molecule has 1 aliphatic rings. The number of sulfone groups is 1. The Kier molecular flexibility index (Phi) is 7.15. The predicted molar refractivity (Wildman–Crippen MR) is 122 cm³/mol. The molecule has 1 saturated heterocycles. The van der Waals surface area contributed by atoms with Gasteiger partial charge in [-0.05, 0) is 60.7 Å². The second kappa shape index (κ2) is 10.3. The predicted octanol–water partition coefficient (Wildman–Crippen LogP) is 2.07. The van der Waals surface area contributed by atoms with Gasteiger partial charge in [0.1, 0.15) is 11.6 Å². The number of carbonyl (C=O) groups excluding carboxylic acids is 3. The molecule has 0 unspecified atom stereocenters. The topological polar surface area (TPSA) is 117 Å². The Bertz CT molecular complexity index is 1350. The average molecular weight is 518 g/mol. The summed E-state index contributed by atoms with van der Waals surface area (Å²) in [6.07, 6.45) is 1.22. The van der Waals surface area contributed by atoms with Gasteiger partial charge in [0.2, 0.25) is 15.2 Å². The lowest BCUT2D eigenvalue weighted by atomic mass is 10.1. The van der Waals surface area contributed by atoms with Gasteiger partial charge in [-0.1, -0.05) is 0 Å². The minimum absolute atomic E-state index is 0.00215. The number of carbonyl (C=O) groups is 3. The quantitative estimate of drug-likeness (QED) is 0.501. The summed E-state index contributed by atoms with van der Waals surface area (Å²) in [5.41, 5.74) is 0.277. The first kappa shape index (κ1) is 25.0. The van der Waals surface area contributed by atoms with Gasteiger partial charge < -0.3 is 19.5 Å². The Morgan fingerprint density at radius 3 is 1.94 bits per heavy atom. The van der Waals surface area contributed by atoms with Crippen molar-refractivity contribution in [1.82, 2.24) is 15.1 Å². The van der Waals surface area contributed by atoms with E-state index < -0.39 is 38.7 Å². The van der Waals surface area contributed by atoms with E-state index in [9.17, 15) is 31.6 Å². The Labute approximate surface area is 205 Å². The molecule has 3 amide bonds. The van der Waals surface area contributed by atoms with Crippen LogP contribution in [0.5, 0.6) is 0 Å². The molecule has 0 bridgehead atoms. The van der Waals surface area contributed by atoms with E-state index in [4.69, 9.17) is 4.42 Å². The van der Waals surface area contributed by atoms with E-state index in [0.717, 1.165) is 24.3 Å². The Balaban J connectivity index is 1.53. The zero-order valence-corrected chi connectivity index (χ0v) is 19.6. The van der Waals surface area contributed by atoms with Crippen LogP contribution in [0.3, 0.4) is 0 Å². The number of benzene rings is 2. The summed E-state index contributed by atoms with van der Waals surface area (Å²) in [5, 5.41) is 0.199. The van der Waals surface area contributed by atoms with Gasteiger partial charge in [-0.25, -0.2) is 17.2 Å². The SMILES string of the molecule is O=C(N[C@H](C(=O)N1CCN(C(=O)c2ccc(F)cc2)CC1)S(=O)(=O)c1ccc(F)cc1)c1ccco1. The number of hydrogen-bond donors (Lipinski definition) is 1. The maximum Gasteiger partial charge on any atom is 0.288 e. The molecule has 12 heteroatoms. The second-order valence-corrected chi connectivity index (χ2v) is 9.99. The first-order chi connectivity index (χ1) is 17.2. The first-order valence-electron chi connectivity index (χ1n) is 10.8. The molecule has 0 aliphatic carbocycles. The molecular formula is C24H21F2N3O6S. The molecule has 0 radical (unpaired) electrons. The summed E-state index contributed by atoms with van der Waals surface area (Å²) in [6, 6.07) is 11.6. The van der Waals surface area contributed by atoms with E-state index in [1.165, 1.54) is 52.5 Å². The largest absolute Gasteiger partial charge is 0.459 e. The third kappa shape index (κ3) is 5.28. The van der Waals surface area contributed by atoms with Crippen LogP contribution in [0.25, 0.3) is 0 Å². The highest BCUT2D eigenvalue weighted by atomic mass is 32.2. The molecule has 1 atom stereocenters. The van der Waals surface area contributed by atoms with Gasteiger partial charge in [0, 0.05) is 31.7 Å². The molecule has 2 heterocycles. The molecule has 36 heavy (non-hydrogen) atoms. The van der Waals surface area contributed by atoms with Crippen molar-refractivity contribution in [2.45, 2.75) is 10.3 Å². The zero-order valence-electron chi connectivity index (χ0n) is 18.8. The van der Waals surface area contributed by atoms with Crippen molar-refractivity contribution in [1.29, 1.82) is 0 Å². The molecule has 188 valence electrons. The van der Waals surface area contributed by atoms with Crippen LogP contribution in [0.4, 0.5) is 8.78 Å². The van der Waals surface area contributed by atoms with Crippen molar-refractivity contribution < 1.29 is 36.0 Å². The van der Waals surface area contributed by atoms with Crippen molar-refractivity contribution in [2.75, 3.05) is 26.2 Å². The van der Waals surface area contributed by atoms with Crippen LogP contribution in [-0.4, -0.2) is 67.5 Å². The highest BCUT2D eigenvalue weighted by Gasteiger charge is 2.40. The van der Waals surface area contributed by atoms with E-state index in [1.54, 1.807) is 0 Å². The van der Waals surface area contributed by atoms with E-state index in [0.29, 0.717) is 0 Å². The summed E-state index contributed by atoms with van der Waals surface area (Å²) in [4.78, 5) is 40.9. The smallest absolute Gasteiger partial charge is 0.288 e. The van der Waals surface area contributed by atoms with Gasteiger partial charge in [-0.15, -0.1) is 0 Å². The van der Waals surface area contributed by atoms with Crippen molar-refractivity contribution >= 4 is 27.6 Å². The molecule has 4 rings (SSSR count). The number of hydrogen-bond acceptors (Lipinski definition) is 6. The van der Waals surface area contributed by atoms with Crippen LogP contribution in [0.2, 0.25) is 0 Å². The maximum absolute atomic E-state index is 13.4. The first-order valence-corrected chi connectivity index (χ1v) is 12.4. The van der Waals surface area contributed by atoms with Gasteiger partial charge in [-0.2, -0.15) is 0 Å². The number of halogens is 2. The van der Waals surface area contributed by atoms with Crippen LogP contribution in [0.1, 0.15) is 20.9 Å². The number of nitrogens with one attached hydrogen (secondary N) is 1. The van der Waals surface area contributed by atoms with Crippen molar-refractivity contribution in [3.63, 3.8) is 0 Å². The number of amides is 3. The Hall–Kier alpha value is -4.06. The highest BCUT2D eigenvalue weighted by molar-refractivity contribution is 7.92. The monoisotopic (exact) mass is 517 g/mol. The summed E-state index contributed by atoms with van der Waals surface area (Å²) < 4.78 is 58.1. The molecule has 1 N–H and O–H groups in total. The third-order valence-electron chi connectivity index (χ3n) is 5.65. The van der Waals surface area contributed by atoms with Crippen molar-refractivity contribution in [2.24, 2.45) is 0 Å². The fourth-order valence-electron chi connectivity index (χ4n) is 3.70. The molecule has 1 fully saturated rings. The van der Waals surface area contributed by atoms with Gasteiger partial charge >= 0.3 is 0 Å². The fourth-order valence-corrected chi connectivity index (χ4v) is 5.17. The van der Waals surface area contributed by atoms with Crippen LogP contribution in [0.15, 0.2) is 76.2 Å². The standard InChI is InChI=1S/C24H21F2N3O6S/c25-17-5-3-16(4-6-17)23(31)28-11-13-29(14-12-28)24(32)22(27-21(30)20-2-1-15-35-20)36(33,34)19-9-7-18(26)8-10-19/h1-10,15,22H,11-14H2,(H,27,30)/t22-/m0/s1. The number of furan rings is 1. The van der Waals surface area contributed by atoms with Crippen LogP contribution >= 0.6 is 0 Å². The lowest BCUT2D eigenvalue weighted by Gasteiger charge is -2.36. The summed E-state index contributed by atoms with van der Waals surface area (Å²) in [7, 11) is -4.48. The van der Waals surface area contributed by atoms with E-state index in [2.05, 4.69) is 5.32 Å². The van der Waals surface area contributed by atoms with Crippen molar-refractivity contribution in [3.05, 3.63) is 89.9 Å². The number of piperazine rings is 1. The van der Waals surface area contributed by atoms with Gasteiger partial charge in [0.25, 0.3) is 17.7 Å². The van der Waals surface area contributed by atoms with Gasteiger partial charge in [-0.3, -0.25) is 14.4 Å². The Morgan fingerprint density at radius 1 is 0.833 bits per heavy atom. The highest BCUT2D eigenvalue weighted by Crippen LogP contribution is 2.19. The normalized spacial score (nSPS) is 14.8. The van der Waals surface area contributed by atoms with E-state index >= 15 is 0 Å². The zero-order chi connectivity index (χ0) is 25.9. The van der Waals surface area contributed by atoms with Gasteiger partial charge in [0.15, 0.2) is 5.76 Å². The molecule has 1 aromatic heterocycles. The number of rotatable bonds is 6. The molecule has 2 aromatic carbocycles. The lowest BCUT2D eigenvalue weighted by Crippen LogP contribution is -2.57.